The number of rotatable bonds is 7. The van der Waals surface area contributed by atoms with Gasteiger partial charge in [0, 0.05) is 25.1 Å². The molecular formula is C26H30N6O4S. The number of fused-ring (bicyclic) bond motifs is 1. The third kappa shape index (κ3) is 4.97. The molecule has 0 spiro atoms. The van der Waals surface area contributed by atoms with Crippen molar-refractivity contribution in [2.75, 3.05) is 43.1 Å². The van der Waals surface area contributed by atoms with Crippen LogP contribution in [-0.4, -0.2) is 67.7 Å². The highest BCUT2D eigenvalue weighted by Crippen LogP contribution is 2.35. The maximum absolute atomic E-state index is 12.2. The zero-order chi connectivity index (χ0) is 26.2. The van der Waals surface area contributed by atoms with E-state index < -0.39 is 16.1 Å². The number of ether oxygens (including phenoxy) is 1. The molecule has 0 amide bonds. The summed E-state index contributed by atoms with van der Waals surface area (Å²) in [5.41, 5.74) is 4.48. The standard InChI is InChI=1S/C26H30N6O4S/c1-31(37(3,34)35)22-7-5-4-6-20(22)23-11-9-18-15-28-26(30-32(18)23)29-21-10-8-17(14-25(21)36-2)19-12-13-27-16-24(19)33/h4-11,14-15,19,24,27,33H,12-13,16H2,1-3H3,(H,29,30)/t19-,24-/m0/s1. The number of para-hydroxylation sites is 1. The Balaban J connectivity index is 1.49. The number of sulfonamides is 1. The quantitative estimate of drug-likeness (QED) is 0.339. The van der Waals surface area contributed by atoms with Crippen LogP contribution in [-0.2, 0) is 10.0 Å². The molecule has 5 rings (SSSR count). The van der Waals surface area contributed by atoms with Gasteiger partial charge >= 0.3 is 0 Å². The van der Waals surface area contributed by atoms with Gasteiger partial charge in [0.1, 0.15) is 5.75 Å². The zero-order valence-corrected chi connectivity index (χ0v) is 21.7. The Hall–Kier alpha value is -3.67. The molecule has 0 bridgehead atoms. The van der Waals surface area contributed by atoms with Crippen molar-refractivity contribution < 1.29 is 18.3 Å². The molecule has 1 aliphatic heterocycles. The fourth-order valence-corrected chi connectivity index (χ4v) is 5.22. The van der Waals surface area contributed by atoms with Gasteiger partial charge in [-0.15, -0.1) is 5.10 Å². The van der Waals surface area contributed by atoms with E-state index in [1.54, 1.807) is 30.0 Å². The minimum absolute atomic E-state index is 0.0457. The van der Waals surface area contributed by atoms with Crippen molar-refractivity contribution in [3.8, 4) is 17.0 Å². The molecule has 0 radical (unpaired) electrons. The Morgan fingerprint density at radius 1 is 1.19 bits per heavy atom. The molecule has 10 nitrogen and oxygen atoms in total. The van der Waals surface area contributed by atoms with Crippen LogP contribution in [0.3, 0.4) is 0 Å². The van der Waals surface area contributed by atoms with E-state index in [2.05, 4.69) is 15.6 Å². The summed E-state index contributed by atoms with van der Waals surface area (Å²) < 4.78 is 33.1. The first kappa shape index (κ1) is 25.0. The first-order chi connectivity index (χ1) is 17.8. The Kier molecular flexibility index (Phi) is 6.76. The number of benzene rings is 2. The summed E-state index contributed by atoms with van der Waals surface area (Å²) in [6.45, 7) is 1.43. The Bertz CT molecular complexity index is 1540. The Morgan fingerprint density at radius 2 is 2.00 bits per heavy atom. The highest BCUT2D eigenvalue weighted by Gasteiger charge is 2.25. The lowest BCUT2D eigenvalue weighted by atomic mass is 9.87. The second kappa shape index (κ2) is 10.0. The lowest BCUT2D eigenvalue weighted by molar-refractivity contribution is 0.118. The molecule has 2 atom stereocenters. The first-order valence-corrected chi connectivity index (χ1v) is 13.8. The topological polar surface area (TPSA) is 121 Å². The third-order valence-corrected chi connectivity index (χ3v) is 7.96. The fourth-order valence-electron chi connectivity index (χ4n) is 4.70. The molecule has 11 heteroatoms. The van der Waals surface area contributed by atoms with Crippen LogP contribution < -0.4 is 19.7 Å². The molecule has 0 unspecified atom stereocenters. The van der Waals surface area contributed by atoms with Gasteiger partial charge in [-0.05, 0) is 48.9 Å². The van der Waals surface area contributed by atoms with Gasteiger partial charge in [-0.2, -0.15) is 0 Å². The molecule has 1 fully saturated rings. The van der Waals surface area contributed by atoms with Crippen molar-refractivity contribution in [3.63, 3.8) is 0 Å². The number of nitrogens with one attached hydrogen (secondary N) is 2. The first-order valence-electron chi connectivity index (χ1n) is 12.0. The summed E-state index contributed by atoms with van der Waals surface area (Å²) in [6.07, 6.45) is 3.28. The lowest BCUT2D eigenvalue weighted by Gasteiger charge is -2.29. The molecule has 1 aliphatic rings. The molecule has 0 aliphatic carbocycles. The van der Waals surface area contributed by atoms with Crippen molar-refractivity contribution in [1.82, 2.24) is 19.9 Å². The summed E-state index contributed by atoms with van der Waals surface area (Å²) in [5.74, 6) is 1.02. The molecule has 1 saturated heterocycles. The number of anilines is 3. The van der Waals surface area contributed by atoms with Gasteiger partial charge in [0.2, 0.25) is 16.0 Å². The van der Waals surface area contributed by atoms with Gasteiger partial charge in [0.05, 0.1) is 48.3 Å². The van der Waals surface area contributed by atoms with E-state index in [4.69, 9.17) is 9.84 Å². The van der Waals surface area contributed by atoms with E-state index >= 15 is 0 Å². The Labute approximate surface area is 216 Å². The summed E-state index contributed by atoms with van der Waals surface area (Å²) in [5, 5.41) is 21.5. The normalized spacial score (nSPS) is 18.1. The van der Waals surface area contributed by atoms with Crippen LogP contribution in [0.4, 0.5) is 17.3 Å². The minimum Gasteiger partial charge on any atom is -0.495 e. The van der Waals surface area contributed by atoms with Crippen LogP contribution in [0.15, 0.2) is 60.8 Å². The van der Waals surface area contributed by atoms with E-state index in [1.165, 1.54) is 17.6 Å². The SMILES string of the molecule is COc1cc([C@@H]2CCNC[C@@H]2O)ccc1Nc1ncc2ccc(-c3ccccc3N(C)S(C)(=O)=O)n2n1. The lowest BCUT2D eigenvalue weighted by Crippen LogP contribution is -2.39. The van der Waals surface area contributed by atoms with E-state index in [-0.39, 0.29) is 5.92 Å². The van der Waals surface area contributed by atoms with E-state index in [0.29, 0.717) is 29.6 Å². The highest BCUT2D eigenvalue weighted by atomic mass is 32.2. The maximum atomic E-state index is 12.2. The van der Waals surface area contributed by atoms with E-state index in [0.717, 1.165) is 35.3 Å². The summed E-state index contributed by atoms with van der Waals surface area (Å²) in [7, 11) is -0.313. The zero-order valence-electron chi connectivity index (χ0n) is 20.9. The summed E-state index contributed by atoms with van der Waals surface area (Å²) in [6, 6.07) is 16.9. The smallest absolute Gasteiger partial charge is 0.245 e. The third-order valence-electron chi connectivity index (χ3n) is 6.77. The number of aliphatic hydroxyl groups excluding tert-OH is 1. The average molecular weight is 523 g/mol. The van der Waals surface area contributed by atoms with Crippen molar-refractivity contribution in [3.05, 3.63) is 66.4 Å². The van der Waals surface area contributed by atoms with Crippen LogP contribution in [0.2, 0.25) is 0 Å². The highest BCUT2D eigenvalue weighted by molar-refractivity contribution is 7.92. The summed E-state index contributed by atoms with van der Waals surface area (Å²) >= 11 is 0. The minimum atomic E-state index is -3.45. The summed E-state index contributed by atoms with van der Waals surface area (Å²) in [4.78, 5) is 4.45. The van der Waals surface area contributed by atoms with Gasteiger partial charge in [-0.25, -0.2) is 17.9 Å². The fraction of sp³-hybridized carbons (Fsp3) is 0.308. The van der Waals surface area contributed by atoms with E-state index in [1.807, 2.05) is 42.5 Å². The molecule has 37 heavy (non-hydrogen) atoms. The second-order valence-electron chi connectivity index (χ2n) is 9.14. The average Bonchev–Trinajstić information content (AvgIpc) is 3.31. The van der Waals surface area contributed by atoms with Gasteiger partial charge in [0.15, 0.2) is 0 Å². The van der Waals surface area contributed by atoms with Gasteiger partial charge < -0.3 is 20.5 Å². The number of aromatic nitrogens is 3. The van der Waals surface area contributed by atoms with E-state index in [9.17, 15) is 13.5 Å². The van der Waals surface area contributed by atoms with Crippen LogP contribution >= 0.6 is 0 Å². The second-order valence-corrected chi connectivity index (χ2v) is 11.1. The largest absolute Gasteiger partial charge is 0.495 e. The molecule has 3 heterocycles. The number of hydrogen-bond donors (Lipinski definition) is 3. The molecule has 2 aromatic carbocycles. The van der Waals surface area contributed by atoms with Crippen molar-refractivity contribution in [2.45, 2.75) is 18.4 Å². The number of piperidine rings is 1. The number of nitrogens with zero attached hydrogens (tertiary/aromatic N) is 4. The van der Waals surface area contributed by atoms with Crippen molar-refractivity contribution >= 4 is 32.9 Å². The van der Waals surface area contributed by atoms with Gasteiger partial charge in [0.25, 0.3) is 0 Å². The number of aliphatic hydroxyl groups is 1. The molecule has 0 saturated carbocycles. The predicted molar refractivity (Wildman–Crippen MR) is 144 cm³/mol. The maximum Gasteiger partial charge on any atom is 0.245 e. The van der Waals surface area contributed by atoms with Crippen LogP contribution in [0, 0.1) is 0 Å². The molecule has 4 aromatic rings. The molecule has 3 N–H and O–H groups in total. The molecular weight excluding hydrogens is 492 g/mol. The number of methoxy groups -OCH3 is 1. The molecule has 2 aromatic heterocycles. The van der Waals surface area contributed by atoms with Crippen LogP contribution in [0.25, 0.3) is 16.8 Å². The van der Waals surface area contributed by atoms with Crippen molar-refractivity contribution in [1.29, 1.82) is 0 Å². The predicted octanol–water partition coefficient (Wildman–Crippen LogP) is 2.98. The van der Waals surface area contributed by atoms with Crippen LogP contribution in [0.5, 0.6) is 5.75 Å². The Morgan fingerprint density at radius 3 is 2.76 bits per heavy atom. The van der Waals surface area contributed by atoms with Crippen LogP contribution in [0.1, 0.15) is 17.9 Å². The monoisotopic (exact) mass is 522 g/mol. The molecule has 194 valence electrons. The van der Waals surface area contributed by atoms with Crippen molar-refractivity contribution in [2.24, 2.45) is 0 Å². The van der Waals surface area contributed by atoms with Gasteiger partial charge in [-0.1, -0.05) is 24.3 Å². The number of hydrogen-bond acceptors (Lipinski definition) is 8. The number of β-amino-alcohol motifs (C(OH)–C–C–N with tert-alkyl or cyclic N) is 1. The van der Waals surface area contributed by atoms with Gasteiger partial charge in [-0.3, -0.25) is 4.31 Å².